The Bertz CT molecular complexity index is 1240. The lowest BCUT2D eigenvalue weighted by molar-refractivity contribution is -0.715. The number of piperidine rings is 1. The molecule has 4 rings (SSSR count). The minimum Gasteiger partial charge on any atom is -1.00 e. The van der Waals surface area contributed by atoms with Crippen molar-refractivity contribution >= 4 is 37.8 Å². The van der Waals surface area contributed by atoms with E-state index in [1.807, 2.05) is 36.4 Å². The maximum atomic E-state index is 13.5. The first-order valence-corrected chi connectivity index (χ1v) is 11.3. The number of nitrogens with one attached hydrogen (secondary N) is 1. The van der Waals surface area contributed by atoms with Gasteiger partial charge in [0.1, 0.15) is 0 Å². The molecule has 6 nitrogen and oxygen atoms in total. The summed E-state index contributed by atoms with van der Waals surface area (Å²) in [4.78, 5) is 13.5. The van der Waals surface area contributed by atoms with Crippen LogP contribution in [0.5, 0.6) is 5.75 Å². The van der Waals surface area contributed by atoms with Gasteiger partial charge in [-0.05, 0) is 41.5 Å². The highest BCUT2D eigenvalue weighted by Crippen LogP contribution is 2.52. The topological polar surface area (TPSA) is 101 Å². The van der Waals surface area contributed by atoms with Crippen LogP contribution in [0, 0.1) is 28.1 Å². The fraction of sp³-hybridized carbons (Fsp3) is 0.167. The third-order valence-corrected chi connectivity index (χ3v) is 6.80. The van der Waals surface area contributed by atoms with E-state index in [0.717, 1.165) is 8.95 Å². The molecule has 2 aromatic carbocycles. The van der Waals surface area contributed by atoms with E-state index < -0.39 is 23.4 Å². The molecule has 0 aliphatic carbocycles. The van der Waals surface area contributed by atoms with Gasteiger partial charge in [-0.2, -0.15) is 15.1 Å². The molecule has 1 aliphatic heterocycles. The van der Waals surface area contributed by atoms with Gasteiger partial charge in [0.25, 0.3) is 5.91 Å². The Morgan fingerprint density at radius 3 is 2.00 bits per heavy atom. The van der Waals surface area contributed by atoms with Crippen LogP contribution in [0.25, 0.3) is 0 Å². The number of aromatic nitrogens is 1. The summed E-state index contributed by atoms with van der Waals surface area (Å²) in [5.74, 6) is -1.17. The average molecular weight is 633 g/mol. The minimum absolute atomic E-state index is 0. The first-order chi connectivity index (χ1) is 15.4. The van der Waals surface area contributed by atoms with Gasteiger partial charge in [0.15, 0.2) is 17.4 Å². The van der Waals surface area contributed by atoms with Crippen molar-refractivity contribution in [3.63, 3.8) is 0 Å². The SMILES string of the molecule is N#CC1(C#N)C(c2ccc(Br)cc2)NC(=O)C([n+]2cccc(O)c2)C1c1ccc(Br)cc1.[Br-]. The molecule has 1 amide bonds. The van der Waals surface area contributed by atoms with E-state index in [9.17, 15) is 20.4 Å². The zero-order valence-corrected chi connectivity index (χ0v) is 21.7. The molecule has 0 saturated carbocycles. The molecule has 1 aromatic heterocycles. The largest absolute Gasteiger partial charge is 1.00 e. The molecule has 9 heteroatoms. The molecule has 2 N–H and O–H groups in total. The van der Waals surface area contributed by atoms with Crippen LogP contribution in [0.3, 0.4) is 0 Å². The summed E-state index contributed by atoms with van der Waals surface area (Å²) < 4.78 is 3.24. The van der Waals surface area contributed by atoms with E-state index in [1.165, 1.54) is 12.3 Å². The maximum absolute atomic E-state index is 13.5. The number of nitriles is 2. The highest BCUT2D eigenvalue weighted by Gasteiger charge is 2.61. The minimum atomic E-state index is -1.61. The van der Waals surface area contributed by atoms with Gasteiger partial charge >= 0.3 is 0 Å². The van der Waals surface area contributed by atoms with Crippen molar-refractivity contribution in [2.45, 2.75) is 18.0 Å². The predicted molar refractivity (Wildman–Crippen MR) is 123 cm³/mol. The van der Waals surface area contributed by atoms with Gasteiger partial charge in [-0.1, -0.05) is 56.1 Å². The molecule has 0 spiro atoms. The number of rotatable bonds is 3. The molecule has 3 atom stereocenters. The van der Waals surface area contributed by atoms with Crippen LogP contribution >= 0.6 is 31.9 Å². The van der Waals surface area contributed by atoms with E-state index >= 15 is 0 Å². The summed E-state index contributed by atoms with van der Waals surface area (Å²) >= 11 is 6.81. The summed E-state index contributed by atoms with van der Waals surface area (Å²) in [7, 11) is 0. The number of carbonyl (C=O) groups is 1. The highest BCUT2D eigenvalue weighted by molar-refractivity contribution is 9.10. The van der Waals surface area contributed by atoms with Crippen molar-refractivity contribution in [2.75, 3.05) is 0 Å². The Hall–Kier alpha value is -2.72. The van der Waals surface area contributed by atoms with Crippen molar-refractivity contribution in [3.8, 4) is 17.9 Å². The summed E-state index contributed by atoms with van der Waals surface area (Å²) in [5, 5.41) is 33.8. The normalized spacial score (nSPS) is 21.1. The molecule has 3 aromatic rings. The molecule has 1 saturated heterocycles. The number of nitrogens with zero attached hydrogens (tertiary/aromatic N) is 3. The van der Waals surface area contributed by atoms with Crippen LogP contribution in [0.4, 0.5) is 0 Å². The molecule has 33 heavy (non-hydrogen) atoms. The molecule has 3 unspecified atom stereocenters. The lowest BCUT2D eigenvalue weighted by Gasteiger charge is -2.42. The standard InChI is InChI=1S/C24H16Br2N4O2.BrH/c25-17-7-3-15(4-8-17)20-21(30-11-1-2-19(31)12-30)23(32)29-22(24(20,13-27)14-28)16-5-9-18(26)10-6-16;/h1-12,20-22H,(H-,29,31,32);1H. The second-order valence-electron chi connectivity index (χ2n) is 7.57. The molecule has 1 fully saturated rings. The summed E-state index contributed by atoms with van der Waals surface area (Å²) in [5.41, 5.74) is -0.279. The van der Waals surface area contributed by atoms with Crippen molar-refractivity contribution in [3.05, 3.63) is 93.1 Å². The Kier molecular flexibility index (Phi) is 7.58. The fourth-order valence-electron chi connectivity index (χ4n) is 4.29. The number of hydrogen-bond donors (Lipinski definition) is 2. The van der Waals surface area contributed by atoms with Gasteiger partial charge in [-0.3, -0.25) is 4.79 Å². The first-order valence-electron chi connectivity index (χ1n) is 9.73. The molecule has 1 aliphatic rings. The van der Waals surface area contributed by atoms with E-state index in [0.29, 0.717) is 11.1 Å². The second-order valence-corrected chi connectivity index (χ2v) is 9.40. The predicted octanol–water partition coefficient (Wildman–Crippen LogP) is 1.44. The van der Waals surface area contributed by atoms with Crippen molar-refractivity contribution in [1.29, 1.82) is 10.5 Å². The third kappa shape index (κ3) is 4.54. The summed E-state index contributed by atoms with van der Waals surface area (Å²) in [6.07, 6.45) is 3.07. The molecule has 0 bridgehead atoms. The number of carbonyl (C=O) groups excluding carboxylic acids is 1. The van der Waals surface area contributed by atoms with Crippen LogP contribution in [0.15, 0.2) is 82.0 Å². The summed E-state index contributed by atoms with van der Waals surface area (Å²) in [6, 6.07) is 20.3. The van der Waals surface area contributed by atoms with E-state index in [2.05, 4.69) is 49.3 Å². The van der Waals surface area contributed by atoms with Crippen molar-refractivity contribution in [2.24, 2.45) is 5.41 Å². The van der Waals surface area contributed by atoms with Crippen molar-refractivity contribution < 1.29 is 31.4 Å². The molecular weight excluding hydrogens is 616 g/mol. The van der Waals surface area contributed by atoms with Crippen molar-refractivity contribution in [1.82, 2.24) is 5.32 Å². The Labute approximate surface area is 218 Å². The maximum Gasteiger partial charge on any atom is 0.290 e. The zero-order chi connectivity index (χ0) is 22.9. The Morgan fingerprint density at radius 1 is 0.939 bits per heavy atom. The number of hydrogen-bond acceptors (Lipinski definition) is 4. The lowest BCUT2D eigenvalue weighted by Crippen LogP contribution is -3.00. The monoisotopic (exact) mass is 630 g/mol. The number of benzene rings is 2. The van der Waals surface area contributed by atoms with Crippen LogP contribution in [-0.4, -0.2) is 11.0 Å². The number of amides is 1. The van der Waals surface area contributed by atoms with Gasteiger partial charge in [-0.15, -0.1) is 0 Å². The molecular formula is C24H17Br3N4O2. The average Bonchev–Trinajstić information content (AvgIpc) is 2.80. The molecule has 2 heterocycles. The van der Waals surface area contributed by atoms with Gasteiger partial charge in [-0.25, -0.2) is 0 Å². The first kappa shape index (κ1) is 24.9. The smallest absolute Gasteiger partial charge is 0.290 e. The number of pyridine rings is 1. The number of halogens is 3. The van der Waals surface area contributed by atoms with Gasteiger partial charge < -0.3 is 27.4 Å². The van der Waals surface area contributed by atoms with Crippen LogP contribution < -0.4 is 26.9 Å². The second kappa shape index (κ2) is 10.0. The Balaban J connectivity index is 0.00000306. The third-order valence-electron chi connectivity index (χ3n) is 5.75. The highest BCUT2D eigenvalue weighted by atomic mass is 79.9. The van der Waals surface area contributed by atoms with E-state index in [1.54, 1.807) is 29.0 Å². The van der Waals surface area contributed by atoms with E-state index in [-0.39, 0.29) is 28.6 Å². The molecule has 166 valence electrons. The Morgan fingerprint density at radius 2 is 1.48 bits per heavy atom. The van der Waals surface area contributed by atoms with Crippen LogP contribution in [0.2, 0.25) is 0 Å². The van der Waals surface area contributed by atoms with Crippen LogP contribution in [0.1, 0.15) is 29.1 Å². The van der Waals surface area contributed by atoms with Gasteiger partial charge in [0, 0.05) is 15.0 Å². The number of aromatic hydroxyl groups is 1. The van der Waals surface area contributed by atoms with Crippen LogP contribution in [-0.2, 0) is 4.79 Å². The van der Waals surface area contributed by atoms with Gasteiger partial charge in [0.2, 0.25) is 12.2 Å². The molecule has 0 radical (unpaired) electrons. The fourth-order valence-corrected chi connectivity index (χ4v) is 4.82. The van der Waals surface area contributed by atoms with E-state index in [4.69, 9.17) is 0 Å². The van der Waals surface area contributed by atoms with Gasteiger partial charge in [0.05, 0.1) is 24.1 Å². The zero-order valence-electron chi connectivity index (χ0n) is 17.0. The lowest BCUT2D eigenvalue weighted by atomic mass is 9.62. The summed E-state index contributed by atoms with van der Waals surface area (Å²) in [6.45, 7) is 0. The quantitative estimate of drug-likeness (QED) is 0.427.